The van der Waals surface area contributed by atoms with Crippen LogP contribution in [0.5, 0.6) is 5.75 Å². The molecule has 0 aliphatic carbocycles. The molecule has 0 aliphatic heterocycles. The Hall–Kier alpha value is -3.67. The molecular formula is C29H33FN2O3. The smallest absolute Gasteiger partial charge is 0.261 e. The second-order valence-corrected chi connectivity index (χ2v) is 8.69. The van der Waals surface area contributed by atoms with E-state index in [1.165, 1.54) is 12.1 Å². The van der Waals surface area contributed by atoms with E-state index in [1.807, 2.05) is 75.4 Å². The van der Waals surface area contributed by atoms with Gasteiger partial charge < -0.3 is 15.0 Å². The van der Waals surface area contributed by atoms with Gasteiger partial charge in [0.15, 0.2) is 18.2 Å². The molecule has 0 bridgehead atoms. The van der Waals surface area contributed by atoms with Crippen LogP contribution >= 0.6 is 0 Å². The molecule has 2 atom stereocenters. The number of hydrogen-bond acceptors (Lipinski definition) is 3. The van der Waals surface area contributed by atoms with Gasteiger partial charge in [-0.3, -0.25) is 9.59 Å². The SMILES string of the molecule is CC[C@H](C)NC(=O)[C@@H](Cc1ccccc1)N(Cc1ccccc1C)C(=O)COc1ccccc1F. The van der Waals surface area contributed by atoms with Crippen LogP contribution in [-0.2, 0) is 22.6 Å². The summed E-state index contributed by atoms with van der Waals surface area (Å²) in [4.78, 5) is 28.5. The van der Waals surface area contributed by atoms with Crippen LogP contribution in [-0.4, -0.2) is 35.4 Å². The largest absolute Gasteiger partial charge is 0.481 e. The van der Waals surface area contributed by atoms with Crippen molar-refractivity contribution in [1.29, 1.82) is 0 Å². The second-order valence-electron chi connectivity index (χ2n) is 8.69. The van der Waals surface area contributed by atoms with E-state index < -0.39 is 17.8 Å². The van der Waals surface area contributed by atoms with Gasteiger partial charge in [0.05, 0.1) is 0 Å². The van der Waals surface area contributed by atoms with Gasteiger partial charge in [0.2, 0.25) is 5.91 Å². The van der Waals surface area contributed by atoms with Crippen molar-refractivity contribution in [3.8, 4) is 5.75 Å². The Morgan fingerprint density at radius 1 is 0.971 bits per heavy atom. The third-order valence-electron chi connectivity index (χ3n) is 6.06. The highest BCUT2D eigenvalue weighted by Crippen LogP contribution is 2.19. The quantitative estimate of drug-likeness (QED) is 0.421. The number of aryl methyl sites for hydroxylation is 1. The number of nitrogens with one attached hydrogen (secondary N) is 1. The minimum atomic E-state index is -0.761. The fraction of sp³-hybridized carbons (Fsp3) is 0.310. The summed E-state index contributed by atoms with van der Waals surface area (Å²) < 4.78 is 19.6. The van der Waals surface area contributed by atoms with Gasteiger partial charge in [0.25, 0.3) is 5.91 Å². The molecule has 0 fully saturated rings. The maximum absolute atomic E-state index is 14.1. The number of ether oxygens (including phenoxy) is 1. The molecule has 0 aliphatic rings. The van der Waals surface area contributed by atoms with Crippen LogP contribution in [0.1, 0.15) is 37.0 Å². The molecule has 0 saturated heterocycles. The summed E-state index contributed by atoms with van der Waals surface area (Å²) in [6.45, 7) is 5.76. The van der Waals surface area contributed by atoms with E-state index in [0.29, 0.717) is 6.42 Å². The molecule has 6 heteroatoms. The highest BCUT2D eigenvalue weighted by Gasteiger charge is 2.31. The molecule has 35 heavy (non-hydrogen) atoms. The van der Waals surface area contributed by atoms with Crippen molar-refractivity contribution >= 4 is 11.8 Å². The first-order valence-electron chi connectivity index (χ1n) is 11.9. The van der Waals surface area contributed by atoms with Crippen molar-refractivity contribution in [2.75, 3.05) is 6.61 Å². The van der Waals surface area contributed by atoms with Crippen molar-refractivity contribution in [3.63, 3.8) is 0 Å². The van der Waals surface area contributed by atoms with Crippen molar-refractivity contribution in [2.24, 2.45) is 0 Å². The predicted molar refractivity (Wildman–Crippen MR) is 135 cm³/mol. The zero-order valence-corrected chi connectivity index (χ0v) is 20.5. The third kappa shape index (κ3) is 7.41. The van der Waals surface area contributed by atoms with Crippen molar-refractivity contribution in [3.05, 3.63) is 101 Å². The minimum absolute atomic E-state index is 0.000331. The number of para-hydroxylation sites is 1. The Kier molecular flexibility index (Phi) is 9.41. The topological polar surface area (TPSA) is 58.6 Å². The summed E-state index contributed by atoms with van der Waals surface area (Å²) in [6, 6.07) is 22.5. The molecule has 3 aromatic rings. The standard InChI is InChI=1S/C29H33FN2O3/c1-4-22(3)31-29(34)26(18-23-13-6-5-7-14-23)32(19-24-15-9-8-12-21(24)2)28(33)20-35-27-17-11-10-16-25(27)30/h5-17,22,26H,4,18-20H2,1-3H3,(H,31,34)/t22-,26+/m0/s1. The molecule has 0 spiro atoms. The number of carbonyl (C=O) groups excluding carboxylic acids is 2. The molecule has 0 unspecified atom stereocenters. The van der Waals surface area contributed by atoms with Crippen molar-refractivity contribution in [2.45, 2.75) is 52.2 Å². The van der Waals surface area contributed by atoms with E-state index in [-0.39, 0.29) is 30.9 Å². The average molecular weight is 477 g/mol. The van der Waals surface area contributed by atoms with Crippen molar-refractivity contribution in [1.82, 2.24) is 10.2 Å². The summed E-state index contributed by atoms with van der Waals surface area (Å²) in [5.74, 6) is -1.16. The normalized spacial score (nSPS) is 12.5. The van der Waals surface area contributed by atoms with Crippen LogP contribution in [0.3, 0.4) is 0 Å². The first-order chi connectivity index (χ1) is 16.9. The zero-order valence-electron chi connectivity index (χ0n) is 20.5. The fourth-order valence-corrected chi connectivity index (χ4v) is 3.75. The molecule has 0 heterocycles. The summed E-state index contributed by atoms with van der Waals surface area (Å²) in [7, 11) is 0. The van der Waals surface area contributed by atoms with Crippen LogP contribution < -0.4 is 10.1 Å². The zero-order chi connectivity index (χ0) is 25.2. The molecule has 0 saturated carbocycles. The van der Waals surface area contributed by atoms with Gasteiger partial charge in [-0.1, -0.05) is 73.7 Å². The Morgan fingerprint density at radius 2 is 1.63 bits per heavy atom. The molecule has 2 amide bonds. The van der Waals surface area contributed by atoms with Gasteiger partial charge in [0, 0.05) is 19.0 Å². The van der Waals surface area contributed by atoms with Crippen molar-refractivity contribution < 1.29 is 18.7 Å². The van der Waals surface area contributed by atoms with E-state index in [1.54, 1.807) is 17.0 Å². The van der Waals surface area contributed by atoms with Crippen LogP contribution in [0.2, 0.25) is 0 Å². The Balaban J connectivity index is 1.93. The number of nitrogens with zero attached hydrogens (tertiary/aromatic N) is 1. The highest BCUT2D eigenvalue weighted by atomic mass is 19.1. The average Bonchev–Trinajstić information content (AvgIpc) is 2.87. The summed E-state index contributed by atoms with van der Waals surface area (Å²) in [6.07, 6.45) is 1.12. The maximum Gasteiger partial charge on any atom is 0.261 e. The molecular weight excluding hydrogens is 443 g/mol. The summed E-state index contributed by atoms with van der Waals surface area (Å²) >= 11 is 0. The van der Waals surface area contributed by atoms with Gasteiger partial charge >= 0.3 is 0 Å². The van der Waals surface area contributed by atoms with E-state index in [2.05, 4.69) is 5.32 Å². The number of halogens is 1. The Morgan fingerprint density at radius 3 is 2.31 bits per heavy atom. The van der Waals surface area contributed by atoms with Gasteiger partial charge in [-0.05, 0) is 49.1 Å². The first-order valence-corrected chi connectivity index (χ1v) is 11.9. The second kappa shape index (κ2) is 12.7. The molecule has 184 valence electrons. The summed E-state index contributed by atoms with van der Waals surface area (Å²) in [5, 5.41) is 3.03. The summed E-state index contributed by atoms with van der Waals surface area (Å²) in [5.41, 5.74) is 2.89. The predicted octanol–water partition coefficient (Wildman–Crippen LogP) is 5.07. The number of benzene rings is 3. The molecule has 1 N–H and O–H groups in total. The molecule has 0 radical (unpaired) electrons. The van der Waals surface area contributed by atoms with E-state index >= 15 is 0 Å². The van der Waals surface area contributed by atoms with E-state index in [4.69, 9.17) is 4.74 Å². The van der Waals surface area contributed by atoms with Gasteiger partial charge in [0.1, 0.15) is 6.04 Å². The van der Waals surface area contributed by atoms with Crippen LogP contribution in [0.25, 0.3) is 0 Å². The molecule has 5 nitrogen and oxygen atoms in total. The van der Waals surface area contributed by atoms with Gasteiger partial charge in [-0.2, -0.15) is 0 Å². The Labute approximate surface area is 206 Å². The highest BCUT2D eigenvalue weighted by molar-refractivity contribution is 5.88. The number of hydrogen-bond donors (Lipinski definition) is 1. The van der Waals surface area contributed by atoms with Crippen LogP contribution in [0.4, 0.5) is 4.39 Å². The van der Waals surface area contributed by atoms with Gasteiger partial charge in [-0.25, -0.2) is 4.39 Å². The lowest BCUT2D eigenvalue weighted by Crippen LogP contribution is -2.53. The number of amides is 2. The molecule has 3 aromatic carbocycles. The number of carbonyl (C=O) groups is 2. The monoisotopic (exact) mass is 476 g/mol. The molecule has 3 rings (SSSR count). The fourth-order valence-electron chi connectivity index (χ4n) is 3.75. The molecule has 0 aromatic heterocycles. The minimum Gasteiger partial charge on any atom is -0.481 e. The Bertz CT molecular complexity index is 1120. The number of rotatable bonds is 11. The van der Waals surface area contributed by atoms with E-state index in [9.17, 15) is 14.0 Å². The van der Waals surface area contributed by atoms with Crippen LogP contribution in [0, 0.1) is 12.7 Å². The van der Waals surface area contributed by atoms with Crippen LogP contribution in [0.15, 0.2) is 78.9 Å². The van der Waals surface area contributed by atoms with Gasteiger partial charge in [-0.15, -0.1) is 0 Å². The third-order valence-corrected chi connectivity index (χ3v) is 6.06. The lowest BCUT2D eigenvalue weighted by molar-refractivity contribution is -0.143. The lowest BCUT2D eigenvalue weighted by atomic mass is 10.0. The maximum atomic E-state index is 14.1. The van der Waals surface area contributed by atoms with E-state index in [0.717, 1.165) is 23.1 Å². The lowest BCUT2D eigenvalue weighted by Gasteiger charge is -2.32. The first kappa shape index (κ1) is 25.9.